The topological polar surface area (TPSA) is 71.7 Å². The van der Waals surface area contributed by atoms with E-state index in [0.717, 1.165) is 5.56 Å². The maximum Gasteiger partial charge on any atom is 0.259 e. The van der Waals surface area contributed by atoms with Gasteiger partial charge in [0.2, 0.25) is 0 Å². The van der Waals surface area contributed by atoms with Gasteiger partial charge in [-0.15, -0.1) is 0 Å². The highest BCUT2D eigenvalue weighted by Crippen LogP contribution is 2.32. The van der Waals surface area contributed by atoms with Gasteiger partial charge < -0.3 is 19.6 Å². The molecule has 5 nitrogen and oxygen atoms in total. The second-order valence-electron chi connectivity index (χ2n) is 5.73. The van der Waals surface area contributed by atoms with Gasteiger partial charge in [0.25, 0.3) is 5.91 Å². The number of halogens is 1. The molecule has 134 valence electrons. The van der Waals surface area contributed by atoms with Crippen molar-refractivity contribution in [2.24, 2.45) is 0 Å². The van der Waals surface area contributed by atoms with Crippen LogP contribution in [0.2, 0.25) is 5.02 Å². The molecular weight excluding hydrogens is 354 g/mol. The molecular formula is C20H18ClNO4. The molecule has 0 radical (unpaired) electrons. The van der Waals surface area contributed by atoms with Gasteiger partial charge in [-0.05, 0) is 48.9 Å². The van der Waals surface area contributed by atoms with E-state index >= 15 is 0 Å². The summed E-state index contributed by atoms with van der Waals surface area (Å²) in [6.07, 6.45) is 0. The monoisotopic (exact) mass is 371 g/mol. The van der Waals surface area contributed by atoms with E-state index in [1.165, 1.54) is 7.11 Å². The Morgan fingerprint density at radius 1 is 1.23 bits per heavy atom. The molecule has 2 aromatic carbocycles. The molecule has 2 N–H and O–H groups in total. The van der Waals surface area contributed by atoms with Gasteiger partial charge in [0.1, 0.15) is 23.9 Å². The Kier molecular flexibility index (Phi) is 5.30. The standard InChI is InChI=1S/C20H18ClNO4/c1-12-4-3-5-16(19(12)25-2)20(24)22-13-6-8-15(17(21)10-13)18-9-7-14(11-23)26-18/h3-10,23H,11H2,1-2H3,(H,22,24). The lowest BCUT2D eigenvalue weighted by molar-refractivity contribution is 0.102. The molecule has 0 saturated carbocycles. The first kappa shape index (κ1) is 18.0. The number of ether oxygens (including phenoxy) is 1. The minimum atomic E-state index is -0.282. The summed E-state index contributed by atoms with van der Waals surface area (Å²) in [6.45, 7) is 1.70. The number of para-hydroxylation sites is 1. The molecule has 1 aromatic heterocycles. The predicted octanol–water partition coefficient (Wildman–Crippen LogP) is 4.66. The van der Waals surface area contributed by atoms with Crippen LogP contribution in [0.3, 0.4) is 0 Å². The van der Waals surface area contributed by atoms with Crippen molar-refractivity contribution in [1.82, 2.24) is 0 Å². The van der Waals surface area contributed by atoms with E-state index in [2.05, 4.69) is 5.32 Å². The maximum atomic E-state index is 12.6. The largest absolute Gasteiger partial charge is 0.496 e. The van der Waals surface area contributed by atoms with Crippen molar-refractivity contribution < 1.29 is 19.1 Å². The van der Waals surface area contributed by atoms with Crippen molar-refractivity contribution in [3.8, 4) is 17.1 Å². The van der Waals surface area contributed by atoms with Gasteiger partial charge in [0, 0.05) is 11.3 Å². The molecule has 0 bridgehead atoms. The van der Waals surface area contributed by atoms with Crippen LogP contribution in [0.15, 0.2) is 52.9 Å². The van der Waals surface area contributed by atoms with E-state index in [-0.39, 0.29) is 12.5 Å². The molecule has 0 saturated heterocycles. The lowest BCUT2D eigenvalue weighted by Gasteiger charge is -2.12. The summed E-state index contributed by atoms with van der Waals surface area (Å²) in [7, 11) is 1.54. The van der Waals surface area contributed by atoms with Gasteiger partial charge in [-0.25, -0.2) is 0 Å². The molecule has 0 aliphatic heterocycles. The Hall–Kier alpha value is -2.76. The first-order valence-corrected chi connectivity index (χ1v) is 8.35. The fourth-order valence-corrected chi connectivity index (χ4v) is 2.97. The Morgan fingerprint density at radius 2 is 2.04 bits per heavy atom. The predicted molar refractivity (Wildman–Crippen MR) is 101 cm³/mol. The zero-order chi connectivity index (χ0) is 18.7. The minimum Gasteiger partial charge on any atom is -0.496 e. The third-order valence-corrected chi connectivity index (χ3v) is 4.28. The number of nitrogens with one attached hydrogen (secondary N) is 1. The molecule has 6 heteroatoms. The minimum absolute atomic E-state index is 0.177. The number of aliphatic hydroxyl groups is 1. The van der Waals surface area contributed by atoms with E-state index in [1.807, 2.05) is 13.0 Å². The smallest absolute Gasteiger partial charge is 0.259 e. The second kappa shape index (κ2) is 7.64. The zero-order valence-electron chi connectivity index (χ0n) is 14.4. The van der Waals surface area contributed by atoms with Crippen molar-refractivity contribution in [2.75, 3.05) is 12.4 Å². The number of carbonyl (C=O) groups is 1. The Bertz CT molecular complexity index is 949. The number of methoxy groups -OCH3 is 1. The van der Waals surface area contributed by atoms with Crippen LogP contribution in [0.5, 0.6) is 5.75 Å². The summed E-state index contributed by atoms with van der Waals surface area (Å²) < 4.78 is 10.8. The second-order valence-corrected chi connectivity index (χ2v) is 6.14. The van der Waals surface area contributed by atoms with E-state index in [1.54, 1.807) is 42.5 Å². The fraction of sp³-hybridized carbons (Fsp3) is 0.150. The SMILES string of the molecule is COc1c(C)cccc1C(=O)Nc1ccc(-c2ccc(CO)o2)c(Cl)c1. The number of hydrogen-bond acceptors (Lipinski definition) is 4. The average molecular weight is 372 g/mol. The number of benzene rings is 2. The molecule has 0 fully saturated rings. The van der Waals surface area contributed by atoms with Gasteiger partial charge >= 0.3 is 0 Å². The van der Waals surface area contributed by atoms with Crippen molar-refractivity contribution in [3.63, 3.8) is 0 Å². The third-order valence-electron chi connectivity index (χ3n) is 3.97. The van der Waals surface area contributed by atoms with Gasteiger partial charge in [0.15, 0.2) is 0 Å². The van der Waals surface area contributed by atoms with E-state index in [0.29, 0.717) is 39.1 Å². The van der Waals surface area contributed by atoms with Crippen molar-refractivity contribution in [3.05, 3.63) is 70.4 Å². The number of anilines is 1. The molecule has 1 amide bonds. The molecule has 3 rings (SSSR count). The maximum absolute atomic E-state index is 12.6. The molecule has 0 unspecified atom stereocenters. The normalized spacial score (nSPS) is 10.6. The van der Waals surface area contributed by atoms with E-state index in [9.17, 15) is 4.79 Å². The van der Waals surface area contributed by atoms with Gasteiger partial charge in [-0.1, -0.05) is 23.7 Å². The summed E-state index contributed by atoms with van der Waals surface area (Å²) in [5, 5.41) is 12.3. The number of aryl methyl sites for hydroxylation is 1. The quantitative estimate of drug-likeness (QED) is 0.684. The summed E-state index contributed by atoms with van der Waals surface area (Å²) in [5.74, 6) is 1.27. The van der Waals surface area contributed by atoms with Crippen molar-refractivity contribution in [1.29, 1.82) is 0 Å². The van der Waals surface area contributed by atoms with Crippen LogP contribution < -0.4 is 10.1 Å². The van der Waals surface area contributed by atoms with Crippen LogP contribution in [0.25, 0.3) is 11.3 Å². The average Bonchev–Trinajstić information content (AvgIpc) is 3.10. The highest BCUT2D eigenvalue weighted by molar-refractivity contribution is 6.33. The number of amides is 1. The number of hydrogen-bond donors (Lipinski definition) is 2. The molecule has 0 aliphatic carbocycles. The number of aliphatic hydroxyl groups excluding tert-OH is 1. The summed E-state index contributed by atoms with van der Waals surface area (Å²) in [6, 6.07) is 14.0. The van der Waals surface area contributed by atoms with E-state index < -0.39 is 0 Å². The lowest BCUT2D eigenvalue weighted by Crippen LogP contribution is -2.13. The molecule has 1 heterocycles. The van der Waals surface area contributed by atoms with Gasteiger partial charge in [-0.3, -0.25) is 4.79 Å². The van der Waals surface area contributed by atoms with Crippen molar-refractivity contribution in [2.45, 2.75) is 13.5 Å². The number of rotatable bonds is 5. The summed E-state index contributed by atoms with van der Waals surface area (Å²) in [5.41, 5.74) is 2.57. The highest BCUT2D eigenvalue weighted by atomic mass is 35.5. The van der Waals surface area contributed by atoms with Crippen LogP contribution in [0.4, 0.5) is 5.69 Å². The summed E-state index contributed by atoms with van der Waals surface area (Å²) in [4.78, 5) is 12.6. The third kappa shape index (κ3) is 3.59. The van der Waals surface area contributed by atoms with Crippen molar-refractivity contribution >= 4 is 23.2 Å². The van der Waals surface area contributed by atoms with Crippen LogP contribution in [-0.2, 0) is 6.61 Å². The number of furan rings is 1. The first-order chi connectivity index (χ1) is 12.5. The summed E-state index contributed by atoms with van der Waals surface area (Å²) >= 11 is 6.33. The van der Waals surface area contributed by atoms with Gasteiger partial charge in [-0.2, -0.15) is 0 Å². The molecule has 0 atom stereocenters. The lowest BCUT2D eigenvalue weighted by atomic mass is 10.1. The van der Waals surface area contributed by atoms with Crippen LogP contribution in [-0.4, -0.2) is 18.1 Å². The molecule has 3 aromatic rings. The Balaban J connectivity index is 1.84. The zero-order valence-corrected chi connectivity index (χ0v) is 15.1. The van der Waals surface area contributed by atoms with Crippen LogP contribution in [0, 0.1) is 6.92 Å². The first-order valence-electron chi connectivity index (χ1n) is 7.98. The van der Waals surface area contributed by atoms with Crippen LogP contribution >= 0.6 is 11.6 Å². The fourth-order valence-electron chi connectivity index (χ4n) is 2.70. The van der Waals surface area contributed by atoms with E-state index in [4.69, 9.17) is 25.9 Å². The highest BCUT2D eigenvalue weighted by Gasteiger charge is 2.15. The Morgan fingerprint density at radius 3 is 2.69 bits per heavy atom. The molecule has 26 heavy (non-hydrogen) atoms. The molecule has 0 spiro atoms. The molecule has 0 aliphatic rings. The number of carbonyl (C=O) groups excluding carboxylic acids is 1. The Labute approximate surface area is 156 Å². The van der Waals surface area contributed by atoms with Crippen LogP contribution in [0.1, 0.15) is 21.7 Å². The van der Waals surface area contributed by atoms with Gasteiger partial charge in [0.05, 0.1) is 17.7 Å².